The topological polar surface area (TPSA) is 82.3 Å². The van der Waals surface area contributed by atoms with E-state index in [2.05, 4.69) is 18.0 Å². The van der Waals surface area contributed by atoms with Crippen LogP contribution in [0.5, 0.6) is 11.5 Å². The van der Waals surface area contributed by atoms with Crippen molar-refractivity contribution >= 4 is 17.7 Å². The van der Waals surface area contributed by atoms with E-state index in [4.69, 9.17) is 4.74 Å². The van der Waals surface area contributed by atoms with Crippen molar-refractivity contribution in [2.24, 2.45) is 0 Å². The molecule has 0 aromatic heterocycles. The van der Waals surface area contributed by atoms with Gasteiger partial charge in [0.05, 0.1) is 23.8 Å². The van der Waals surface area contributed by atoms with Crippen LogP contribution >= 0.6 is 11.8 Å². The number of phenolic OH excluding ortho intramolecular Hbond substituents is 1. The number of amides is 1. The molecule has 1 heterocycles. The van der Waals surface area contributed by atoms with Crippen molar-refractivity contribution in [3.8, 4) is 17.6 Å². The lowest BCUT2D eigenvalue weighted by Gasteiger charge is -2.25. The standard InChI is InChI=1S/C16H16N2O3S/c1-3-6-22-16-12(9-17)11(8-15(20)18-16)10-4-5-13(19)14(7-10)21-2/h3-5,7,11,19H,1,6,8H2,2H3,(H,18,20)/t11-/m0/s1. The fourth-order valence-corrected chi connectivity index (χ4v) is 3.08. The Balaban J connectivity index is 2.45. The number of phenols is 1. The zero-order valence-electron chi connectivity index (χ0n) is 12.1. The number of hydrogen-bond acceptors (Lipinski definition) is 5. The zero-order chi connectivity index (χ0) is 16.1. The van der Waals surface area contributed by atoms with E-state index in [1.807, 2.05) is 0 Å². The fraction of sp³-hybridized carbons (Fsp3) is 0.250. The lowest BCUT2D eigenvalue weighted by atomic mass is 9.87. The molecule has 0 radical (unpaired) electrons. The number of nitriles is 1. The molecular weight excluding hydrogens is 300 g/mol. The third kappa shape index (κ3) is 3.26. The second kappa shape index (κ2) is 7.05. The first-order chi connectivity index (χ1) is 10.6. The predicted molar refractivity (Wildman–Crippen MR) is 85.5 cm³/mol. The lowest BCUT2D eigenvalue weighted by Crippen LogP contribution is -2.30. The number of benzene rings is 1. The number of hydrogen-bond donors (Lipinski definition) is 2. The highest BCUT2D eigenvalue weighted by Gasteiger charge is 2.29. The summed E-state index contributed by atoms with van der Waals surface area (Å²) in [6, 6.07) is 7.06. The van der Waals surface area contributed by atoms with Crippen LogP contribution in [0.1, 0.15) is 17.9 Å². The first kappa shape index (κ1) is 16.0. The first-order valence-electron chi connectivity index (χ1n) is 6.65. The van der Waals surface area contributed by atoms with Crippen molar-refractivity contribution in [3.63, 3.8) is 0 Å². The number of nitrogens with one attached hydrogen (secondary N) is 1. The summed E-state index contributed by atoms with van der Waals surface area (Å²) in [5.41, 5.74) is 1.27. The molecule has 6 heteroatoms. The van der Waals surface area contributed by atoms with E-state index in [1.54, 1.807) is 18.2 Å². The van der Waals surface area contributed by atoms with Gasteiger partial charge in [-0.05, 0) is 17.7 Å². The highest BCUT2D eigenvalue weighted by Crippen LogP contribution is 2.38. The molecule has 1 aromatic carbocycles. The molecule has 5 nitrogen and oxygen atoms in total. The van der Waals surface area contributed by atoms with E-state index in [0.29, 0.717) is 22.1 Å². The van der Waals surface area contributed by atoms with Crippen LogP contribution in [0.3, 0.4) is 0 Å². The van der Waals surface area contributed by atoms with Gasteiger partial charge in [0.15, 0.2) is 11.5 Å². The number of ether oxygens (including phenoxy) is 1. The third-order valence-corrected chi connectivity index (χ3v) is 4.32. The van der Waals surface area contributed by atoms with Crippen LogP contribution in [0, 0.1) is 11.3 Å². The molecule has 1 aromatic rings. The maximum Gasteiger partial charge on any atom is 0.225 e. The molecule has 1 aliphatic rings. The zero-order valence-corrected chi connectivity index (χ0v) is 12.9. The van der Waals surface area contributed by atoms with Crippen molar-refractivity contribution in [3.05, 3.63) is 47.0 Å². The Kier molecular flexibility index (Phi) is 5.12. The molecule has 0 bridgehead atoms. The van der Waals surface area contributed by atoms with Gasteiger partial charge in [-0.1, -0.05) is 12.1 Å². The number of nitrogens with zero attached hydrogens (tertiary/aromatic N) is 1. The van der Waals surface area contributed by atoms with Gasteiger partial charge in [-0.25, -0.2) is 0 Å². The SMILES string of the molecule is C=CCSC1=C(C#N)[C@H](c2ccc(O)c(OC)c2)CC(=O)N1. The summed E-state index contributed by atoms with van der Waals surface area (Å²) < 4.78 is 5.10. The average molecular weight is 316 g/mol. The Morgan fingerprint density at radius 2 is 2.41 bits per heavy atom. The molecule has 0 saturated heterocycles. The van der Waals surface area contributed by atoms with Crippen molar-refractivity contribution in [2.45, 2.75) is 12.3 Å². The molecule has 0 unspecified atom stereocenters. The molecule has 1 amide bonds. The average Bonchev–Trinajstić information content (AvgIpc) is 2.52. The summed E-state index contributed by atoms with van der Waals surface area (Å²) in [5, 5.41) is 22.5. The van der Waals surface area contributed by atoms with E-state index in [0.717, 1.165) is 5.56 Å². The largest absolute Gasteiger partial charge is 0.504 e. The Bertz CT molecular complexity index is 676. The summed E-state index contributed by atoms with van der Waals surface area (Å²) in [6.07, 6.45) is 1.90. The second-order valence-corrected chi connectivity index (χ2v) is 5.72. The van der Waals surface area contributed by atoms with Crippen molar-refractivity contribution in [1.82, 2.24) is 5.32 Å². The summed E-state index contributed by atoms with van der Waals surface area (Å²) in [5.74, 6) is 0.464. The summed E-state index contributed by atoms with van der Waals surface area (Å²) >= 11 is 1.37. The minimum Gasteiger partial charge on any atom is -0.504 e. The summed E-state index contributed by atoms with van der Waals surface area (Å²) in [7, 11) is 1.46. The maximum absolute atomic E-state index is 11.9. The number of rotatable bonds is 5. The van der Waals surface area contributed by atoms with Gasteiger partial charge in [0.2, 0.25) is 5.91 Å². The molecular formula is C16H16N2O3S. The van der Waals surface area contributed by atoms with Crippen LogP contribution in [-0.2, 0) is 4.79 Å². The molecule has 1 aliphatic heterocycles. The van der Waals surface area contributed by atoms with Crippen LogP contribution in [-0.4, -0.2) is 23.9 Å². The maximum atomic E-state index is 11.9. The fourth-order valence-electron chi connectivity index (χ4n) is 2.27. The monoisotopic (exact) mass is 316 g/mol. The highest BCUT2D eigenvalue weighted by atomic mass is 32.2. The number of thioether (sulfide) groups is 1. The van der Waals surface area contributed by atoms with Gasteiger partial charge in [-0.2, -0.15) is 5.26 Å². The van der Waals surface area contributed by atoms with Gasteiger partial charge in [0.25, 0.3) is 0 Å². The number of methoxy groups -OCH3 is 1. The summed E-state index contributed by atoms with van der Waals surface area (Å²) in [4.78, 5) is 11.9. The van der Waals surface area contributed by atoms with Crippen LogP contribution < -0.4 is 10.1 Å². The molecule has 0 spiro atoms. The summed E-state index contributed by atoms with van der Waals surface area (Å²) in [6.45, 7) is 3.64. The van der Waals surface area contributed by atoms with Crippen molar-refractivity contribution in [2.75, 3.05) is 12.9 Å². The first-order valence-corrected chi connectivity index (χ1v) is 7.64. The minimum absolute atomic E-state index is 0.0234. The minimum atomic E-state index is -0.347. The smallest absolute Gasteiger partial charge is 0.225 e. The van der Waals surface area contributed by atoms with Crippen LogP contribution in [0.2, 0.25) is 0 Å². The lowest BCUT2D eigenvalue weighted by molar-refractivity contribution is -0.120. The van der Waals surface area contributed by atoms with Crippen LogP contribution in [0.15, 0.2) is 41.5 Å². The molecule has 22 heavy (non-hydrogen) atoms. The van der Waals surface area contributed by atoms with Gasteiger partial charge >= 0.3 is 0 Å². The number of carbonyl (C=O) groups excluding carboxylic acids is 1. The molecule has 2 N–H and O–H groups in total. The van der Waals surface area contributed by atoms with Crippen LogP contribution in [0.25, 0.3) is 0 Å². The molecule has 1 atom stereocenters. The van der Waals surface area contributed by atoms with E-state index >= 15 is 0 Å². The van der Waals surface area contributed by atoms with E-state index in [-0.39, 0.29) is 24.0 Å². The van der Waals surface area contributed by atoms with E-state index in [9.17, 15) is 15.2 Å². The molecule has 0 fully saturated rings. The molecule has 0 saturated carbocycles. The normalized spacial score (nSPS) is 17.6. The van der Waals surface area contributed by atoms with Crippen molar-refractivity contribution in [1.29, 1.82) is 5.26 Å². The van der Waals surface area contributed by atoms with Gasteiger partial charge in [0, 0.05) is 18.1 Å². The number of allylic oxidation sites excluding steroid dienone is 1. The number of aromatic hydroxyl groups is 1. The van der Waals surface area contributed by atoms with Crippen molar-refractivity contribution < 1.29 is 14.6 Å². The predicted octanol–water partition coefficient (Wildman–Crippen LogP) is 2.66. The Morgan fingerprint density at radius 1 is 1.64 bits per heavy atom. The van der Waals surface area contributed by atoms with Crippen LogP contribution in [0.4, 0.5) is 0 Å². The quantitative estimate of drug-likeness (QED) is 0.816. The van der Waals surface area contributed by atoms with E-state index < -0.39 is 0 Å². The van der Waals surface area contributed by atoms with Gasteiger partial charge in [-0.3, -0.25) is 4.79 Å². The number of carbonyl (C=O) groups is 1. The van der Waals surface area contributed by atoms with Gasteiger partial charge in [0.1, 0.15) is 0 Å². The molecule has 114 valence electrons. The Labute approximate surface area is 133 Å². The second-order valence-electron chi connectivity index (χ2n) is 4.69. The van der Waals surface area contributed by atoms with Gasteiger partial charge in [-0.15, -0.1) is 18.3 Å². The molecule has 0 aliphatic carbocycles. The highest BCUT2D eigenvalue weighted by molar-refractivity contribution is 8.03. The Morgan fingerprint density at radius 3 is 3.05 bits per heavy atom. The Hall–Kier alpha value is -2.39. The van der Waals surface area contributed by atoms with Gasteiger partial charge < -0.3 is 15.2 Å². The molecule has 2 rings (SSSR count). The van der Waals surface area contributed by atoms with E-state index in [1.165, 1.54) is 24.9 Å². The third-order valence-electron chi connectivity index (χ3n) is 3.31.